The molecule has 0 amide bonds. The van der Waals surface area contributed by atoms with Crippen molar-refractivity contribution in [3.8, 4) is 44.5 Å². The zero-order chi connectivity index (χ0) is 44.0. The highest BCUT2D eigenvalue weighted by Gasteiger charge is 2.46. The minimum atomic E-state index is -0.540. The van der Waals surface area contributed by atoms with Gasteiger partial charge in [0.1, 0.15) is 11.2 Å². The van der Waals surface area contributed by atoms with Crippen molar-refractivity contribution in [2.24, 2.45) is 0 Å². The van der Waals surface area contributed by atoms with Gasteiger partial charge in [-0.3, -0.25) is 0 Å². The largest absolute Gasteiger partial charge is 0.456 e. The van der Waals surface area contributed by atoms with Crippen molar-refractivity contribution < 1.29 is 4.42 Å². The number of hydrogen-bond donors (Lipinski definition) is 0. The Labute approximate surface area is 385 Å². The molecule has 2 aliphatic carbocycles. The van der Waals surface area contributed by atoms with Crippen molar-refractivity contribution in [3.05, 3.63) is 270 Å². The quantitative estimate of drug-likeness (QED) is 0.159. The Morgan fingerprint density at radius 2 is 0.848 bits per heavy atom. The van der Waals surface area contributed by atoms with Gasteiger partial charge in [-0.15, -0.1) is 0 Å². The van der Waals surface area contributed by atoms with Crippen molar-refractivity contribution in [1.29, 1.82) is 0 Å². The number of hydrogen-bond acceptors (Lipinski definition) is 2. The van der Waals surface area contributed by atoms with E-state index in [1.54, 1.807) is 0 Å². The highest BCUT2D eigenvalue weighted by molar-refractivity contribution is 6.05. The summed E-state index contributed by atoms with van der Waals surface area (Å²) in [5.74, 6) is 0. The van der Waals surface area contributed by atoms with E-state index in [2.05, 4.69) is 249 Å². The van der Waals surface area contributed by atoms with Crippen LogP contribution in [-0.4, -0.2) is 0 Å². The molecule has 1 heterocycles. The van der Waals surface area contributed by atoms with Crippen LogP contribution in [0.3, 0.4) is 0 Å². The minimum Gasteiger partial charge on any atom is -0.456 e. The maximum absolute atomic E-state index is 6.54. The molecular weight excluding hydrogens is 799 g/mol. The van der Waals surface area contributed by atoms with Gasteiger partial charge in [-0.05, 0) is 115 Å². The molecule has 0 N–H and O–H groups in total. The molecule has 0 fully saturated rings. The highest BCUT2D eigenvalue weighted by Crippen LogP contribution is 2.57. The first-order chi connectivity index (χ1) is 32.5. The molecule has 0 aliphatic heterocycles. The normalized spacial score (nSPS) is 13.8. The lowest BCUT2D eigenvalue weighted by atomic mass is 9.67. The molecule has 13 rings (SSSR count). The zero-order valence-electron chi connectivity index (χ0n) is 36.9. The molecule has 66 heavy (non-hydrogen) atoms. The number of furan rings is 1. The zero-order valence-corrected chi connectivity index (χ0v) is 36.9. The maximum atomic E-state index is 6.54. The van der Waals surface area contributed by atoms with Crippen LogP contribution in [0.15, 0.2) is 241 Å². The van der Waals surface area contributed by atoms with E-state index in [9.17, 15) is 0 Å². The molecule has 0 atom stereocenters. The van der Waals surface area contributed by atoms with Gasteiger partial charge in [-0.25, -0.2) is 0 Å². The Balaban J connectivity index is 0.925. The van der Waals surface area contributed by atoms with Crippen molar-refractivity contribution in [2.45, 2.75) is 24.7 Å². The topological polar surface area (TPSA) is 16.4 Å². The second-order valence-electron chi connectivity index (χ2n) is 18.4. The average Bonchev–Trinajstić information content (AvgIpc) is 3.98. The predicted molar refractivity (Wildman–Crippen MR) is 274 cm³/mol. The Bertz CT molecular complexity index is 3620. The van der Waals surface area contributed by atoms with E-state index in [1.165, 1.54) is 72.3 Å². The lowest BCUT2D eigenvalue weighted by Crippen LogP contribution is -2.28. The summed E-state index contributed by atoms with van der Waals surface area (Å²) in [6.45, 7) is 4.71. The predicted octanol–water partition coefficient (Wildman–Crippen LogP) is 17.1. The molecular formula is C64H45NO. The number of nitrogens with zero attached hydrogens (tertiary/aromatic N) is 1. The minimum absolute atomic E-state index is 0.121. The first kappa shape index (κ1) is 38.3. The molecule has 2 aliphatic rings. The van der Waals surface area contributed by atoms with Crippen molar-refractivity contribution in [1.82, 2.24) is 0 Å². The standard InChI is InChI=1S/C64H45NO/c1-63(2)56-23-11-6-19-50(56)53-39-37-48(41-59(53)63)65(60-26-14-9-18-49(60)44-16-4-3-5-17-44)47-35-30-43(31-36-47)42-28-32-45(33-29-42)64(57-24-12-7-20-51(57)52-21-8-13-25-58(52)64)46-34-38-55-54-22-10-15-27-61(54)66-62(55)40-46/h3-41H,1-2H3. The van der Waals surface area contributed by atoms with Crippen LogP contribution in [0.4, 0.5) is 17.1 Å². The van der Waals surface area contributed by atoms with Crippen LogP contribution < -0.4 is 4.90 Å². The molecule has 2 nitrogen and oxygen atoms in total. The fraction of sp³-hybridized carbons (Fsp3) is 0.0625. The third kappa shape index (κ3) is 5.61. The molecule has 312 valence electrons. The molecule has 0 spiro atoms. The van der Waals surface area contributed by atoms with Crippen LogP contribution in [0, 0.1) is 0 Å². The fourth-order valence-corrected chi connectivity index (χ4v) is 11.5. The molecule has 1 aromatic heterocycles. The van der Waals surface area contributed by atoms with Gasteiger partial charge in [0.25, 0.3) is 0 Å². The number of benzene rings is 10. The molecule has 0 saturated heterocycles. The van der Waals surface area contributed by atoms with E-state index in [-0.39, 0.29) is 5.41 Å². The molecule has 0 unspecified atom stereocenters. The molecule has 11 aromatic rings. The smallest absolute Gasteiger partial charge is 0.135 e. The van der Waals surface area contributed by atoms with Crippen molar-refractivity contribution >= 4 is 39.0 Å². The van der Waals surface area contributed by atoms with Gasteiger partial charge in [0, 0.05) is 33.1 Å². The van der Waals surface area contributed by atoms with E-state index >= 15 is 0 Å². The van der Waals surface area contributed by atoms with Crippen LogP contribution in [-0.2, 0) is 10.8 Å². The van der Waals surface area contributed by atoms with Crippen LogP contribution in [0.25, 0.3) is 66.4 Å². The van der Waals surface area contributed by atoms with E-state index < -0.39 is 5.41 Å². The van der Waals surface area contributed by atoms with Crippen LogP contribution >= 0.6 is 0 Å². The number of rotatable bonds is 7. The fourth-order valence-electron chi connectivity index (χ4n) is 11.5. The molecule has 0 radical (unpaired) electrons. The van der Waals surface area contributed by atoms with Crippen LogP contribution in [0.5, 0.6) is 0 Å². The van der Waals surface area contributed by atoms with Gasteiger partial charge in [-0.1, -0.05) is 208 Å². The Hall–Kier alpha value is -8.20. The Morgan fingerprint density at radius 1 is 0.333 bits per heavy atom. The molecule has 10 aromatic carbocycles. The van der Waals surface area contributed by atoms with Gasteiger partial charge >= 0.3 is 0 Å². The number of fused-ring (bicyclic) bond motifs is 9. The van der Waals surface area contributed by atoms with E-state index in [0.29, 0.717) is 0 Å². The van der Waals surface area contributed by atoms with Gasteiger partial charge in [-0.2, -0.15) is 0 Å². The van der Waals surface area contributed by atoms with Crippen LogP contribution in [0.2, 0.25) is 0 Å². The first-order valence-electron chi connectivity index (χ1n) is 23.0. The lowest BCUT2D eigenvalue weighted by Gasteiger charge is -2.34. The number of para-hydroxylation sites is 2. The summed E-state index contributed by atoms with van der Waals surface area (Å²) < 4.78 is 6.54. The SMILES string of the molecule is CC1(C)c2ccccc2-c2ccc(N(c3ccc(-c4ccc(C5(c6ccc7c(c6)oc6ccccc67)c6ccccc6-c6ccccc65)cc4)cc3)c3ccccc3-c3ccccc3)cc21. The summed E-state index contributed by atoms with van der Waals surface area (Å²) in [7, 11) is 0. The summed E-state index contributed by atoms with van der Waals surface area (Å²) in [4.78, 5) is 2.44. The third-order valence-electron chi connectivity index (χ3n) is 14.6. The van der Waals surface area contributed by atoms with Gasteiger partial charge in [0.15, 0.2) is 0 Å². The Kier molecular flexibility index (Phi) is 8.51. The summed E-state index contributed by atoms with van der Waals surface area (Å²) in [6, 6.07) is 86.9. The molecule has 0 saturated carbocycles. The van der Waals surface area contributed by atoms with Crippen LogP contribution in [0.1, 0.15) is 47.2 Å². The lowest BCUT2D eigenvalue weighted by molar-refractivity contribution is 0.660. The van der Waals surface area contributed by atoms with E-state index in [4.69, 9.17) is 4.42 Å². The van der Waals surface area contributed by atoms with Gasteiger partial charge in [0.05, 0.1) is 11.1 Å². The average molecular weight is 844 g/mol. The van der Waals surface area contributed by atoms with E-state index in [1.807, 2.05) is 6.07 Å². The monoisotopic (exact) mass is 843 g/mol. The third-order valence-corrected chi connectivity index (χ3v) is 14.6. The molecule has 2 heteroatoms. The highest BCUT2D eigenvalue weighted by atomic mass is 16.3. The summed E-state index contributed by atoms with van der Waals surface area (Å²) in [5, 5.41) is 2.27. The van der Waals surface area contributed by atoms with Crippen molar-refractivity contribution in [2.75, 3.05) is 4.90 Å². The van der Waals surface area contributed by atoms with Gasteiger partial charge in [0.2, 0.25) is 0 Å². The maximum Gasteiger partial charge on any atom is 0.135 e. The van der Waals surface area contributed by atoms with E-state index in [0.717, 1.165) is 44.6 Å². The number of anilines is 3. The summed E-state index contributed by atoms with van der Waals surface area (Å²) in [5.41, 5.74) is 22.1. The molecule has 0 bridgehead atoms. The summed E-state index contributed by atoms with van der Waals surface area (Å²) in [6.07, 6.45) is 0. The van der Waals surface area contributed by atoms with Gasteiger partial charge < -0.3 is 9.32 Å². The first-order valence-corrected chi connectivity index (χ1v) is 23.0. The second kappa shape index (κ2) is 14.7. The van der Waals surface area contributed by atoms with Crippen molar-refractivity contribution in [3.63, 3.8) is 0 Å². The summed E-state index contributed by atoms with van der Waals surface area (Å²) >= 11 is 0. The second-order valence-corrected chi connectivity index (χ2v) is 18.4. The Morgan fingerprint density at radius 3 is 1.56 bits per heavy atom.